The zero-order valence-corrected chi connectivity index (χ0v) is 9.82. The Balaban J connectivity index is 2.38. The lowest BCUT2D eigenvalue weighted by Crippen LogP contribution is -1.99. The van der Waals surface area contributed by atoms with E-state index in [0.29, 0.717) is 15.8 Å². The Bertz CT molecular complexity index is 526. The van der Waals surface area contributed by atoms with Crippen LogP contribution in [0.1, 0.15) is 10.4 Å². The van der Waals surface area contributed by atoms with E-state index in [1.54, 1.807) is 24.5 Å². The van der Waals surface area contributed by atoms with Crippen molar-refractivity contribution in [2.75, 3.05) is 7.11 Å². The van der Waals surface area contributed by atoms with Crippen molar-refractivity contribution in [1.29, 1.82) is 0 Å². The number of nitrogens with one attached hydrogen (secondary N) is 1. The molecule has 0 aliphatic heterocycles. The molecule has 0 amide bonds. The summed E-state index contributed by atoms with van der Waals surface area (Å²) in [6.45, 7) is 0. The van der Waals surface area contributed by atoms with Crippen molar-refractivity contribution < 1.29 is 14.6 Å². The second kappa shape index (κ2) is 4.92. The topological polar surface area (TPSA) is 75.2 Å². The summed E-state index contributed by atoms with van der Waals surface area (Å²) in [5, 5.41) is 9.71. The minimum atomic E-state index is -0.971. The number of imidazole rings is 1. The molecule has 2 rings (SSSR count). The molecule has 17 heavy (non-hydrogen) atoms. The molecule has 0 saturated carbocycles. The molecule has 5 nitrogen and oxygen atoms in total. The number of aromatic nitrogens is 2. The number of hydrogen-bond donors (Lipinski definition) is 2. The Labute approximate surface area is 102 Å². The molecular weight excluding hydrogens is 240 g/mol. The summed E-state index contributed by atoms with van der Waals surface area (Å²) < 4.78 is 5.07. The highest BCUT2D eigenvalue weighted by molar-refractivity contribution is 7.99. The van der Waals surface area contributed by atoms with Gasteiger partial charge in [-0.3, -0.25) is 0 Å². The fraction of sp³-hybridized carbons (Fsp3) is 0.0909. The summed E-state index contributed by atoms with van der Waals surface area (Å²) in [4.78, 5) is 18.6. The molecule has 0 atom stereocenters. The van der Waals surface area contributed by atoms with Crippen LogP contribution in [0.25, 0.3) is 0 Å². The molecule has 88 valence electrons. The van der Waals surface area contributed by atoms with Gasteiger partial charge < -0.3 is 14.8 Å². The number of methoxy groups -OCH3 is 1. The van der Waals surface area contributed by atoms with Crippen molar-refractivity contribution in [2.45, 2.75) is 10.1 Å². The van der Waals surface area contributed by atoms with E-state index in [2.05, 4.69) is 9.97 Å². The third-order valence-electron chi connectivity index (χ3n) is 2.10. The van der Waals surface area contributed by atoms with Crippen molar-refractivity contribution in [2.24, 2.45) is 0 Å². The molecule has 0 radical (unpaired) electrons. The summed E-state index contributed by atoms with van der Waals surface area (Å²) in [5.41, 5.74) is 0.229. The van der Waals surface area contributed by atoms with Gasteiger partial charge in [-0.15, -0.1) is 0 Å². The SMILES string of the molecule is COc1ccc(C(=O)O)c(Sc2ncc[nH]2)c1. The number of rotatable bonds is 4. The van der Waals surface area contributed by atoms with E-state index < -0.39 is 5.97 Å². The van der Waals surface area contributed by atoms with Gasteiger partial charge in [0.1, 0.15) is 5.75 Å². The first-order valence-electron chi connectivity index (χ1n) is 4.79. The average molecular weight is 250 g/mol. The van der Waals surface area contributed by atoms with E-state index in [4.69, 9.17) is 9.84 Å². The maximum atomic E-state index is 11.1. The van der Waals surface area contributed by atoms with Gasteiger partial charge in [0.25, 0.3) is 0 Å². The van der Waals surface area contributed by atoms with Gasteiger partial charge in [0.2, 0.25) is 0 Å². The number of carbonyl (C=O) groups is 1. The van der Waals surface area contributed by atoms with Crippen molar-refractivity contribution in [3.8, 4) is 5.75 Å². The Kier molecular flexibility index (Phi) is 3.34. The minimum Gasteiger partial charge on any atom is -0.497 e. The van der Waals surface area contributed by atoms with E-state index in [-0.39, 0.29) is 5.56 Å². The van der Waals surface area contributed by atoms with E-state index >= 15 is 0 Å². The molecular formula is C11H10N2O3S. The lowest BCUT2D eigenvalue weighted by atomic mass is 10.2. The zero-order valence-electron chi connectivity index (χ0n) is 9.01. The van der Waals surface area contributed by atoms with Gasteiger partial charge >= 0.3 is 5.97 Å². The molecule has 0 aliphatic carbocycles. The van der Waals surface area contributed by atoms with E-state index in [1.165, 1.54) is 24.9 Å². The highest BCUT2D eigenvalue weighted by Gasteiger charge is 2.13. The molecule has 6 heteroatoms. The van der Waals surface area contributed by atoms with Gasteiger partial charge in [0.05, 0.1) is 12.7 Å². The summed E-state index contributed by atoms with van der Waals surface area (Å²) in [7, 11) is 1.54. The molecule has 1 heterocycles. The lowest BCUT2D eigenvalue weighted by molar-refractivity contribution is 0.0693. The standard InChI is InChI=1S/C11H10N2O3S/c1-16-7-2-3-8(10(14)15)9(6-7)17-11-12-4-5-13-11/h2-6H,1H3,(H,12,13)(H,14,15). The van der Waals surface area contributed by atoms with E-state index in [1.807, 2.05) is 0 Å². The van der Waals surface area contributed by atoms with Crippen LogP contribution in [0.15, 0.2) is 40.6 Å². The summed E-state index contributed by atoms with van der Waals surface area (Å²) >= 11 is 1.25. The molecule has 2 aromatic rings. The second-order valence-corrected chi connectivity index (χ2v) is 4.19. The van der Waals surface area contributed by atoms with Crippen LogP contribution in [0, 0.1) is 0 Å². The molecule has 0 spiro atoms. The maximum absolute atomic E-state index is 11.1. The first-order chi connectivity index (χ1) is 8.20. The molecule has 0 aliphatic rings. The number of aromatic carboxylic acids is 1. The zero-order chi connectivity index (χ0) is 12.3. The van der Waals surface area contributed by atoms with E-state index in [0.717, 1.165) is 0 Å². The quantitative estimate of drug-likeness (QED) is 0.870. The van der Waals surface area contributed by atoms with Crippen LogP contribution < -0.4 is 4.74 Å². The molecule has 0 bridgehead atoms. The van der Waals surface area contributed by atoms with Gasteiger partial charge in [-0.1, -0.05) is 11.8 Å². The molecule has 0 fully saturated rings. The number of hydrogen-bond acceptors (Lipinski definition) is 4. The van der Waals surface area contributed by atoms with Crippen molar-refractivity contribution in [3.63, 3.8) is 0 Å². The van der Waals surface area contributed by atoms with Gasteiger partial charge in [-0.25, -0.2) is 9.78 Å². The second-order valence-electron chi connectivity index (χ2n) is 3.16. The highest BCUT2D eigenvalue weighted by atomic mass is 32.2. The van der Waals surface area contributed by atoms with Crippen LogP contribution >= 0.6 is 11.8 Å². The Hall–Kier alpha value is -1.95. The van der Waals surface area contributed by atoms with Crippen LogP contribution in [-0.4, -0.2) is 28.2 Å². The fourth-order valence-corrected chi connectivity index (χ4v) is 2.19. The van der Waals surface area contributed by atoms with E-state index in [9.17, 15) is 4.79 Å². The average Bonchev–Trinajstić information content (AvgIpc) is 2.81. The van der Waals surface area contributed by atoms with Gasteiger partial charge in [0, 0.05) is 17.3 Å². The smallest absolute Gasteiger partial charge is 0.336 e. The predicted octanol–water partition coefficient (Wildman–Crippen LogP) is 2.27. The molecule has 0 saturated heterocycles. The number of H-pyrrole nitrogens is 1. The van der Waals surface area contributed by atoms with Crippen molar-refractivity contribution >= 4 is 17.7 Å². The summed E-state index contributed by atoms with van der Waals surface area (Å²) in [5.74, 6) is -0.356. The summed E-state index contributed by atoms with van der Waals surface area (Å²) in [6.07, 6.45) is 3.30. The van der Waals surface area contributed by atoms with Crippen LogP contribution in [0.2, 0.25) is 0 Å². The van der Waals surface area contributed by atoms with Gasteiger partial charge in [-0.2, -0.15) is 0 Å². The van der Waals surface area contributed by atoms with Crippen molar-refractivity contribution in [1.82, 2.24) is 9.97 Å². The number of benzene rings is 1. The minimum absolute atomic E-state index is 0.229. The number of ether oxygens (including phenoxy) is 1. The van der Waals surface area contributed by atoms with Crippen LogP contribution in [-0.2, 0) is 0 Å². The monoisotopic (exact) mass is 250 g/mol. The molecule has 1 aromatic heterocycles. The Morgan fingerprint density at radius 2 is 2.35 bits per heavy atom. The third-order valence-corrected chi connectivity index (χ3v) is 3.07. The van der Waals surface area contributed by atoms with Gasteiger partial charge in [-0.05, 0) is 18.2 Å². The Morgan fingerprint density at radius 1 is 1.53 bits per heavy atom. The van der Waals surface area contributed by atoms with Crippen LogP contribution in [0.5, 0.6) is 5.75 Å². The van der Waals surface area contributed by atoms with Crippen molar-refractivity contribution in [3.05, 3.63) is 36.2 Å². The number of nitrogens with zero attached hydrogens (tertiary/aromatic N) is 1. The number of carboxylic acids is 1. The predicted molar refractivity (Wildman–Crippen MR) is 62.7 cm³/mol. The molecule has 0 unspecified atom stereocenters. The van der Waals surface area contributed by atoms with Crippen LogP contribution in [0.3, 0.4) is 0 Å². The normalized spacial score (nSPS) is 10.2. The molecule has 2 N–H and O–H groups in total. The first kappa shape index (κ1) is 11.5. The number of aromatic amines is 1. The highest BCUT2D eigenvalue weighted by Crippen LogP contribution is 2.31. The third kappa shape index (κ3) is 2.59. The van der Waals surface area contributed by atoms with Gasteiger partial charge in [0.15, 0.2) is 5.16 Å². The largest absolute Gasteiger partial charge is 0.497 e. The Morgan fingerprint density at radius 3 is 2.94 bits per heavy atom. The lowest BCUT2D eigenvalue weighted by Gasteiger charge is -2.06. The first-order valence-corrected chi connectivity index (χ1v) is 5.61. The fourth-order valence-electron chi connectivity index (χ4n) is 1.30. The maximum Gasteiger partial charge on any atom is 0.336 e. The number of carboxylic acid groups (broad SMARTS) is 1. The molecule has 1 aromatic carbocycles. The van der Waals surface area contributed by atoms with Crippen LogP contribution in [0.4, 0.5) is 0 Å². The summed E-state index contributed by atoms with van der Waals surface area (Å²) in [6, 6.07) is 4.82.